The Balaban J connectivity index is 1.05. The van der Waals surface area contributed by atoms with E-state index in [0.29, 0.717) is 45.1 Å². The summed E-state index contributed by atoms with van der Waals surface area (Å²) in [6.45, 7) is 10.3. The number of allylic oxidation sites excluding steroid dienone is 1. The molecule has 4 aliphatic rings. The normalized spacial score (nSPS) is 30.1. The summed E-state index contributed by atoms with van der Waals surface area (Å²) in [4.78, 5) is 65.1. The molecule has 7 N–H and O–H groups in total. The van der Waals surface area contributed by atoms with Gasteiger partial charge in [-0.1, -0.05) is 55.8 Å². The predicted octanol–water partition coefficient (Wildman–Crippen LogP) is 2.55. The number of methoxy groups -OCH3 is 1. The van der Waals surface area contributed by atoms with Crippen molar-refractivity contribution in [2.24, 2.45) is 17.6 Å². The van der Waals surface area contributed by atoms with Crippen LogP contribution in [0.15, 0.2) is 42.0 Å². The number of carbonyl (C=O) groups excluding carboxylic acids is 5. The molecule has 2 heterocycles. The summed E-state index contributed by atoms with van der Waals surface area (Å²) in [6, 6.07) is 6.92. The van der Waals surface area contributed by atoms with E-state index in [9.17, 15) is 24.0 Å². The van der Waals surface area contributed by atoms with Gasteiger partial charge in [0.15, 0.2) is 0 Å². The van der Waals surface area contributed by atoms with Gasteiger partial charge in [-0.05, 0) is 83.6 Å². The molecule has 57 heavy (non-hydrogen) atoms. The van der Waals surface area contributed by atoms with Crippen LogP contribution in [-0.2, 0) is 44.5 Å². The van der Waals surface area contributed by atoms with Crippen LogP contribution in [0.2, 0.25) is 0 Å². The lowest BCUT2D eigenvalue weighted by atomic mass is 9.68. The standard InChI is InChI=1S/C42H64N6O9/c1-25(2)12-17-33-41(5,57-33)39-38(54-6)32(18-19-42(39)24-55-42)56-40(53)46-29-15-13-28(14-16-29)45-35(50)23-44-48-31(20-26(3)4)37(52)36(51)30(47-34(49)22-43)21-27-10-8-7-9-11-27/h7-12,26,28-33,38-39,44,48H,13-24,43H2,1-6H3,(H,45,50)(H,46,53)(H,47,49)/t28-,29-,30-,31-,32?,33+,38?,39?,41?,42-/m0/s1. The largest absolute Gasteiger partial charge is 0.443 e. The van der Waals surface area contributed by atoms with Crippen molar-refractivity contribution in [1.82, 2.24) is 26.8 Å². The Bertz CT molecular complexity index is 1590. The number of hydrogen-bond acceptors (Lipinski definition) is 12. The zero-order valence-corrected chi connectivity index (χ0v) is 34.4. The number of ether oxygens (including phenoxy) is 4. The zero-order valence-electron chi connectivity index (χ0n) is 34.4. The maximum atomic E-state index is 13.5. The second-order valence-electron chi connectivity index (χ2n) is 17.0. The molecule has 1 aromatic carbocycles. The van der Waals surface area contributed by atoms with Gasteiger partial charge in [-0.2, -0.15) is 0 Å². The highest BCUT2D eigenvalue weighted by Crippen LogP contribution is 2.59. The van der Waals surface area contributed by atoms with Crippen molar-refractivity contribution in [3.05, 3.63) is 47.5 Å². The van der Waals surface area contributed by atoms with Gasteiger partial charge in [-0.15, -0.1) is 0 Å². The third kappa shape index (κ3) is 11.9. The summed E-state index contributed by atoms with van der Waals surface area (Å²) in [5.41, 5.74) is 12.5. The molecule has 316 valence electrons. The molecule has 4 unspecified atom stereocenters. The van der Waals surface area contributed by atoms with Crippen molar-refractivity contribution in [2.45, 2.75) is 146 Å². The second kappa shape index (κ2) is 19.8. The van der Waals surface area contributed by atoms with Crippen LogP contribution in [-0.4, -0.2) is 110 Å². The Labute approximate surface area is 336 Å². The van der Waals surface area contributed by atoms with Gasteiger partial charge >= 0.3 is 6.09 Å². The molecule has 15 nitrogen and oxygen atoms in total. The molecule has 2 saturated carbocycles. The third-order valence-electron chi connectivity index (χ3n) is 11.8. The fourth-order valence-electron chi connectivity index (χ4n) is 8.68. The molecule has 2 saturated heterocycles. The number of amides is 3. The van der Waals surface area contributed by atoms with Gasteiger partial charge < -0.3 is 40.6 Å². The number of hydrogen-bond donors (Lipinski definition) is 6. The predicted molar refractivity (Wildman–Crippen MR) is 213 cm³/mol. The van der Waals surface area contributed by atoms with Gasteiger partial charge in [0.25, 0.3) is 0 Å². The SMILES string of the molecule is COC1C(OC(=O)N[C@H]2CC[C@H](NC(=O)CNN[C@@H](CC(C)C)C(=O)C(=O)[C@H](Cc3ccccc3)NC(=O)CN)CC2)CC[C@]2(CO2)C1C1(C)O[C@@H]1CC=C(C)C. The number of rotatable bonds is 20. The first kappa shape index (κ1) is 44.4. The van der Waals surface area contributed by atoms with Crippen molar-refractivity contribution < 1.29 is 42.9 Å². The summed E-state index contributed by atoms with van der Waals surface area (Å²) in [5, 5.41) is 8.65. The van der Waals surface area contributed by atoms with Crippen molar-refractivity contribution in [3.63, 3.8) is 0 Å². The van der Waals surface area contributed by atoms with Gasteiger partial charge in [0.1, 0.15) is 23.4 Å². The molecular formula is C42H64N6O9. The molecule has 0 bridgehead atoms. The number of hydrazine groups is 1. The van der Waals surface area contributed by atoms with E-state index in [2.05, 4.69) is 53.6 Å². The third-order valence-corrected chi connectivity index (χ3v) is 11.8. The summed E-state index contributed by atoms with van der Waals surface area (Å²) in [7, 11) is 1.66. The molecule has 1 spiro atoms. The number of benzene rings is 1. The van der Waals surface area contributed by atoms with Crippen LogP contribution in [0.4, 0.5) is 4.79 Å². The van der Waals surface area contributed by atoms with E-state index in [4.69, 9.17) is 24.7 Å². The molecule has 4 fully saturated rings. The fraction of sp³-hybridized carbons (Fsp3) is 0.690. The van der Waals surface area contributed by atoms with Crippen molar-refractivity contribution >= 4 is 29.5 Å². The average Bonchev–Trinajstić information content (AvgIpc) is 4.10. The van der Waals surface area contributed by atoms with Gasteiger partial charge in [0.2, 0.25) is 23.4 Å². The van der Waals surface area contributed by atoms with Crippen LogP contribution in [0.5, 0.6) is 0 Å². The Kier molecular flexibility index (Phi) is 15.4. The molecule has 8 atom stereocenters. The summed E-state index contributed by atoms with van der Waals surface area (Å²) in [5.74, 6) is -2.26. The summed E-state index contributed by atoms with van der Waals surface area (Å²) < 4.78 is 24.4. The highest BCUT2D eigenvalue weighted by Gasteiger charge is 2.72. The van der Waals surface area contributed by atoms with Crippen molar-refractivity contribution in [1.29, 1.82) is 0 Å². The molecule has 1 aromatic rings. The van der Waals surface area contributed by atoms with E-state index in [-0.39, 0.29) is 67.1 Å². The smallest absolute Gasteiger partial charge is 0.407 e. The van der Waals surface area contributed by atoms with Crippen molar-refractivity contribution in [3.8, 4) is 0 Å². The quantitative estimate of drug-likeness (QED) is 0.0486. The Morgan fingerprint density at radius 1 is 0.947 bits per heavy atom. The van der Waals surface area contributed by atoms with E-state index in [1.165, 1.54) is 5.57 Å². The maximum absolute atomic E-state index is 13.5. The van der Waals surface area contributed by atoms with Crippen molar-refractivity contribution in [2.75, 3.05) is 26.8 Å². The Morgan fingerprint density at radius 3 is 2.19 bits per heavy atom. The van der Waals surface area contributed by atoms with E-state index in [1.54, 1.807) is 7.11 Å². The topological polar surface area (TPSA) is 215 Å². The van der Waals surface area contributed by atoms with Crippen LogP contribution in [0.1, 0.15) is 91.5 Å². The molecule has 2 aliphatic carbocycles. The van der Waals surface area contributed by atoms with Crippen LogP contribution in [0.3, 0.4) is 0 Å². The number of carbonyl (C=O) groups is 5. The lowest BCUT2D eigenvalue weighted by Gasteiger charge is -2.42. The van der Waals surface area contributed by atoms with Gasteiger partial charge in [0.05, 0.1) is 43.8 Å². The number of alkyl carbamates (subject to hydrolysis) is 1. The minimum atomic E-state index is -1.08. The lowest BCUT2D eigenvalue weighted by molar-refractivity contribution is -0.140. The van der Waals surface area contributed by atoms with E-state index >= 15 is 0 Å². The first-order valence-corrected chi connectivity index (χ1v) is 20.5. The molecule has 15 heteroatoms. The second-order valence-corrected chi connectivity index (χ2v) is 17.0. The molecule has 0 radical (unpaired) electrons. The van der Waals surface area contributed by atoms with E-state index in [0.717, 1.165) is 18.4 Å². The average molecular weight is 797 g/mol. The first-order valence-electron chi connectivity index (χ1n) is 20.5. The minimum Gasteiger partial charge on any atom is -0.443 e. The minimum absolute atomic E-state index is 0.0544. The molecule has 3 amide bonds. The highest BCUT2D eigenvalue weighted by atomic mass is 16.6. The van der Waals surface area contributed by atoms with Crippen LogP contribution in [0.25, 0.3) is 0 Å². The zero-order chi connectivity index (χ0) is 41.3. The van der Waals surface area contributed by atoms with Crippen LogP contribution >= 0.6 is 0 Å². The van der Waals surface area contributed by atoms with Gasteiger partial charge in [0, 0.05) is 25.6 Å². The van der Waals surface area contributed by atoms with E-state index < -0.39 is 47.4 Å². The first-order chi connectivity index (χ1) is 27.2. The van der Waals surface area contributed by atoms with Gasteiger partial charge in [-0.3, -0.25) is 19.2 Å². The molecule has 2 aliphatic heterocycles. The number of nitrogens with one attached hydrogen (secondary N) is 5. The number of epoxide rings is 2. The van der Waals surface area contributed by atoms with Crippen LogP contribution < -0.4 is 32.5 Å². The monoisotopic (exact) mass is 796 g/mol. The maximum Gasteiger partial charge on any atom is 0.407 e. The Morgan fingerprint density at radius 2 is 1.60 bits per heavy atom. The number of Topliss-reactive ketones (excluding diaryl/α,β-unsaturated/α-hetero) is 2. The van der Waals surface area contributed by atoms with Gasteiger partial charge in [-0.25, -0.2) is 15.6 Å². The summed E-state index contributed by atoms with van der Waals surface area (Å²) in [6.07, 6.45) is 6.35. The molecule has 5 rings (SSSR count). The lowest BCUT2D eigenvalue weighted by Crippen LogP contribution is -2.56. The molecular weight excluding hydrogens is 732 g/mol. The molecule has 0 aromatic heterocycles. The van der Waals surface area contributed by atoms with E-state index in [1.807, 2.05) is 44.2 Å². The highest BCUT2D eigenvalue weighted by molar-refractivity contribution is 6.41. The van der Waals surface area contributed by atoms with Crippen LogP contribution in [0, 0.1) is 11.8 Å². The number of nitrogens with two attached hydrogens (primary N) is 1. The fourth-order valence-corrected chi connectivity index (χ4v) is 8.68. The summed E-state index contributed by atoms with van der Waals surface area (Å²) >= 11 is 0. The Hall–Kier alpha value is -3.73. The number of ketones is 2.